The number of carbonyl (C=O) groups excluding carboxylic acids is 4. The molecule has 12 nitrogen and oxygen atoms in total. The second-order valence-corrected chi connectivity index (χ2v) is 15.9. The van der Waals surface area contributed by atoms with Gasteiger partial charge in [-0.25, -0.2) is 14.4 Å². The lowest BCUT2D eigenvalue weighted by molar-refractivity contribution is -0.143. The molecule has 0 spiro atoms. The molecule has 0 radical (unpaired) electrons. The molecule has 4 aliphatic rings. The number of amides is 5. The smallest absolute Gasteiger partial charge is 0.410 e. The number of nitrogens with zero attached hydrogens (tertiary/aromatic N) is 5. The van der Waals surface area contributed by atoms with Crippen LogP contribution in [0.4, 0.5) is 20.1 Å². The van der Waals surface area contributed by atoms with Crippen molar-refractivity contribution >= 4 is 41.4 Å². The van der Waals surface area contributed by atoms with Gasteiger partial charge in [0, 0.05) is 88.1 Å². The molecular formula is C39H53ClN6O6. The lowest BCUT2D eigenvalue weighted by Crippen LogP contribution is -2.57. The van der Waals surface area contributed by atoms with Crippen molar-refractivity contribution in [1.82, 2.24) is 24.5 Å². The Morgan fingerprint density at radius 3 is 2.12 bits per heavy atom. The van der Waals surface area contributed by atoms with Gasteiger partial charge in [0.25, 0.3) is 5.91 Å². The number of likely N-dealkylation sites (tertiary alicyclic amines) is 2. The van der Waals surface area contributed by atoms with Gasteiger partial charge in [-0.05, 0) is 88.6 Å². The average molecular weight is 737 g/mol. The molecule has 52 heavy (non-hydrogen) atoms. The lowest BCUT2D eigenvalue weighted by atomic mass is 10.0. The van der Waals surface area contributed by atoms with Crippen molar-refractivity contribution in [3.8, 4) is 0 Å². The van der Waals surface area contributed by atoms with Crippen LogP contribution in [0.3, 0.4) is 0 Å². The van der Waals surface area contributed by atoms with Gasteiger partial charge in [0.2, 0.25) is 0 Å². The molecule has 0 bridgehead atoms. The van der Waals surface area contributed by atoms with Crippen LogP contribution >= 0.6 is 11.6 Å². The first-order valence-electron chi connectivity index (χ1n) is 18.7. The number of ether oxygens (including phenoxy) is 2. The van der Waals surface area contributed by atoms with Crippen LogP contribution in [0.1, 0.15) is 63.1 Å². The summed E-state index contributed by atoms with van der Waals surface area (Å²) in [4.78, 5) is 62.9. The normalized spacial score (nSPS) is 20.1. The maximum atomic E-state index is 14.1. The molecule has 13 heteroatoms. The van der Waals surface area contributed by atoms with E-state index >= 15 is 0 Å². The summed E-state index contributed by atoms with van der Waals surface area (Å²) in [5.41, 5.74) is 3.20. The van der Waals surface area contributed by atoms with Crippen molar-refractivity contribution in [3.05, 3.63) is 64.2 Å². The van der Waals surface area contributed by atoms with Crippen molar-refractivity contribution in [1.29, 1.82) is 0 Å². The number of halogens is 1. The Morgan fingerprint density at radius 1 is 0.827 bits per heavy atom. The van der Waals surface area contributed by atoms with Crippen LogP contribution < -0.4 is 5.32 Å². The van der Waals surface area contributed by atoms with Crippen molar-refractivity contribution in [2.75, 3.05) is 64.2 Å². The predicted molar refractivity (Wildman–Crippen MR) is 200 cm³/mol. The number of aryl methyl sites for hydroxylation is 1. The molecule has 1 unspecified atom stereocenters. The van der Waals surface area contributed by atoms with Crippen molar-refractivity contribution < 1.29 is 28.7 Å². The van der Waals surface area contributed by atoms with Gasteiger partial charge in [0.1, 0.15) is 5.60 Å². The van der Waals surface area contributed by atoms with Crippen LogP contribution in [-0.2, 0) is 27.1 Å². The van der Waals surface area contributed by atoms with Crippen molar-refractivity contribution in [3.63, 3.8) is 0 Å². The zero-order valence-corrected chi connectivity index (χ0v) is 31.7. The highest BCUT2D eigenvalue weighted by atomic mass is 35.5. The third-order valence-corrected chi connectivity index (χ3v) is 11.1. The van der Waals surface area contributed by atoms with Crippen LogP contribution in [-0.4, -0.2) is 131 Å². The average Bonchev–Trinajstić information content (AvgIpc) is 3.30. The topological polar surface area (TPSA) is 115 Å². The van der Waals surface area contributed by atoms with E-state index in [9.17, 15) is 19.2 Å². The van der Waals surface area contributed by atoms with Crippen LogP contribution in [0.2, 0.25) is 5.02 Å². The molecule has 1 N–H and O–H groups in total. The number of rotatable bonds is 6. The summed E-state index contributed by atoms with van der Waals surface area (Å²) in [5.74, 6) is -0.208. The predicted octanol–water partition coefficient (Wildman–Crippen LogP) is 5.79. The van der Waals surface area contributed by atoms with Crippen LogP contribution in [0.5, 0.6) is 0 Å². The summed E-state index contributed by atoms with van der Waals surface area (Å²) in [7, 11) is 0. The Bertz CT molecular complexity index is 1610. The first-order valence-corrected chi connectivity index (χ1v) is 19.1. The molecule has 4 heterocycles. The maximum Gasteiger partial charge on any atom is 0.410 e. The van der Waals surface area contributed by atoms with Crippen molar-refractivity contribution in [2.24, 2.45) is 0 Å². The number of piperidine rings is 2. The Labute approximate surface area is 312 Å². The van der Waals surface area contributed by atoms with E-state index in [2.05, 4.69) is 10.2 Å². The SMILES string of the molecule is Cc1ccc(CC(OC(=O)N2CCC(N3CCc4ccccc4NC3=O)CC2)C(=O)N2CCN(C3CCN(C(=O)OC(C)(C)C)CC3)CC2)cc1Cl. The highest BCUT2D eigenvalue weighted by Crippen LogP contribution is 2.26. The fraction of sp³-hybridized carbons (Fsp3) is 0.590. The summed E-state index contributed by atoms with van der Waals surface area (Å²) >= 11 is 6.44. The Hall–Kier alpha value is -4.03. The first-order chi connectivity index (χ1) is 24.8. The lowest BCUT2D eigenvalue weighted by Gasteiger charge is -2.43. The summed E-state index contributed by atoms with van der Waals surface area (Å²) in [6.07, 6.45) is 2.18. The molecule has 282 valence electrons. The highest BCUT2D eigenvalue weighted by molar-refractivity contribution is 6.31. The minimum absolute atomic E-state index is 0.00587. The van der Waals surface area contributed by atoms with E-state index in [4.69, 9.17) is 21.1 Å². The van der Waals surface area contributed by atoms with Crippen LogP contribution in [0.25, 0.3) is 0 Å². The van der Waals surface area contributed by atoms with E-state index in [1.165, 1.54) is 0 Å². The number of hydrogen-bond donors (Lipinski definition) is 1. The minimum Gasteiger partial charge on any atom is -0.444 e. The second kappa shape index (κ2) is 16.3. The van der Waals surface area contributed by atoms with Gasteiger partial charge in [-0.1, -0.05) is 41.9 Å². The number of nitrogens with one attached hydrogen (secondary N) is 1. The van der Waals surface area contributed by atoms with Crippen molar-refractivity contribution in [2.45, 2.75) is 90.0 Å². The monoisotopic (exact) mass is 736 g/mol. The fourth-order valence-electron chi connectivity index (χ4n) is 7.70. The molecule has 0 aliphatic carbocycles. The molecule has 3 saturated heterocycles. The quantitative estimate of drug-likeness (QED) is 0.399. The number of fused-ring (bicyclic) bond motifs is 1. The molecule has 5 amide bonds. The number of anilines is 1. The molecule has 6 rings (SSSR count). The maximum absolute atomic E-state index is 14.1. The number of piperazine rings is 1. The van der Waals surface area contributed by atoms with Gasteiger partial charge < -0.3 is 34.4 Å². The number of hydrogen-bond acceptors (Lipinski definition) is 7. The highest BCUT2D eigenvalue weighted by Gasteiger charge is 2.37. The van der Waals surface area contributed by atoms with Crippen LogP contribution in [0, 0.1) is 6.92 Å². The van der Waals surface area contributed by atoms with Gasteiger partial charge >= 0.3 is 18.2 Å². The number of para-hydroxylation sites is 1. The fourth-order valence-corrected chi connectivity index (χ4v) is 7.91. The van der Waals surface area contributed by atoms with Gasteiger partial charge in [0.15, 0.2) is 6.10 Å². The number of benzene rings is 2. The van der Waals surface area contributed by atoms with E-state index in [0.717, 1.165) is 41.6 Å². The third kappa shape index (κ3) is 9.30. The molecule has 1 atom stereocenters. The second-order valence-electron chi connectivity index (χ2n) is 15.5. The van der Waals surface area contributed by atoms with Gasteiger partial charge in [-0.15, -0.1) is 0 Å². The Kier molecular flexibility index (Phi) is 11.8. The zero-order valence-electron chi connectivity index (χ0n) is 30.9. The molecule has 2 aromatic rings. The number of carbonyl (C=O) groups is 4. The van der Waals surface area contributed by atoms with E-state index in [-0.39, 0.29) is 30.5 Å². The van der Waals surface area contributed by atoms with Gasteiger partial charge in [-0.2, -0.15) is 0 Å². The van der Waals surface area contributed by atoms with Crippen LogP contribution in [0.15, 0.2) is 42.5 Å². The first kappa shape index (κ1) is 37.7. The third-order valence-electron chi connectivity index (χ3n) is 10.7. The largest absolute Gasteiger partial charge is 0.444 e. The Morgan fingerprint density at radius 2 is 1.46 bits per heavy atom. The summed E-state index contributed by atoms with van der Waals surface area (Å²) in [6, 6.07) is 13.8. The standard InChI is InChI=1S/C39H53ClN6O6/c1-27-9-10-28(25-32(27)40)26-34(35(47)43-23-21-42(22-24-43)30-12-16-45(17-13-30)38(50)52-39(2,3)4)51-37(49)44-18-14-31(15-19-44)46-20-11-29-7-5-6-8-33(29)41-36(46)48/h5-10,25,30-31,34H,11-24,26H2,1-4H3,(H,41,48). The van der Waals surface area contributed by atoms with E-state index < -0.39 is 17.8 Å². The van der Waals surface area contributed by atoms with E-state index in [1.54, 1.807) is 9.80 Å². The zero-order chi connectivity index (χ0) is 37.0. The minimum atomic E-state index is -0.998. The van der Waals surface area contributed by atoms with E-state index in [1.807, 2.05) is 80.0 Å². The molecular weight excluding hydrogens is 684 g/mol. The number of urea groups is 1. The van der Waals surface area contributed by atoms with Gasteiger partial charge in [-0.3, -0.25) is 9.69 Å². The van der Waals surface area contributed by atoms with Gasteiger partial charge in [0.05, 0.1) is 0 Å². The van der Waals surface area contributed by atoms with E-state index in [0.29, 0.717) is 82.8 Å². The summed E-state index contributed by atoms with van der Waals surface area (Å²) in [5, 5.41) is 3.65. The molecule has 2 aromatic carbocycles. The summed E-state index contributed by atoms with van der Waals surface area (Å²) < 4.78 is 11.6. The molecule has 0 aromatic heterocycles. The molecule has 0 saturated carbocycles. The molecule has 4 aliphatic heterocycles. The summed E-state index contributed by atoms with van der Waals surface area (Å²) in [6.45, 7) is 12.8. The Balaban J connectivity index is 1.03. The molecule has 3 fully saturated rings.